The van der Waals surface area contributed by atoms with Crippen molar-refractivity contribution in [1.82, 2.24) is 24.5 Å². The summed E-state index contributed by atoms with van der Waals surface area (Å²) in [6, 6.07) is 3.53. The highest BCUT2D eigenvalue weighted by Gasteiger charge is 2.43. The van der Waals surface area contributed by atoms with Crippen LogP contribution in [0, 0.1) is 5.92 Å². The number of fused-ring (bicyclic) bond motifs is 1. The summed E-state index contributed by atoms with van der Waals surface area (Å²) >= 11 is 8.18. The highest BCUT2D eigenvalue weighted by molar-refractivity contribution is 8.44. The molecule has 0 radical (unpaired) electrons. The molecule has 4 N–H and O–H groups in total. The van der Waals surface area contributed by atoms with Crippen molar-refractivity contribution in [3.63, 3.8) is 0 Å². The Balaban J connectivity index is 1.22. The smallest absolute Gasteiger partial charge is 0.382 e. The third-order valence-electron chi connectivity index (χ3n) is 7.06. The molecule has 0 aromatic carbocycles. The fraction of sp³-hybridized carbons (Fsp3) is 0.522. The molecule has 1 saturated heterocycles. The molecule has 1 aliphatic carbocycles. The van der Waals surface area contributed by atoms with Crippen LogP contribution in [0.25, 0.3) is 11.2 Å². The molecule has 42 heavy (non-hydrogen) atoms. The number of hydrogen-bond donors (Lipinski definition) is 4. The Labute approximate surface area is 251 Å². The molecule has 3 aromatic heterocycles. The zero-order valence-electron chi connectivity index (χ0n) is 22.5. The molecule has 1 aliphatic heterocycles. The van der Waals surface area contributed by atoms with E-state index in [0.717, 1.165) is 18.4 Å². The lowest BCUT2D eigenvalue weighted by Gasteiger charge is -2.36. The molecule has 4 heterocycles. The Morgan fingerprint density at radius 3 is 2.60 bits per heavy atom. The number of hydrogen-bond acceptors (Lipinski definition) is 13. The molecular weight excluding hydrogens is 628 g/mol. The summed E-state index contributed by atoms with van der Waals surface area (Å²) < 4.78 is 55.5. The number of anilines is 1. The maximum Gasteiger partial charge on any atom is 0.386 e. The van der Waals surface area contributed by atoms with Crippen LogP contribution in [0.4, 0.5) is 5.82 Å². The number of carbonyl (C=O) groups is 1. The fourth-order valence-corrected chi connectivity index (χ4v) is 7.83. The van der Waals surface area contributed by atoms with Crippen LogP contribution in [0.2, 0.25) is 0 Å². The number of pyridine rings is 1. The van der Waals surface area contributed by atoms with E-state index >= 15 is 0 Å². The van der Waals surface area contributed by atoms with Gasteiger partial charge in [0.25, 0.3) is 5.91 Å². The van der Waals surface area contributed by atoms with Crippen molar-refractivity contribution >= 4 is 61.0 Å². The third-order valence-corrected chi connectivity index (χ3v) is 10.5. The summed E-state index contributed by atoms with van der Waals surface area (Å²) in [5.74, 6) is -0.0594. The number of primary amides is 1. The number of ether oxygens (including phenoxy) is 1. The van der Waals surface area contributed by atoms with Gasteiger partial charge >= 0.3 is 13.6 Å². The van der Waals surface area contributed by atoms with Crippen molar-refractivity contribution in [2.45, 2.75) is 50.5 Å². The van der Waals surface area contributed by atoms with E-state index in [0.29, 0.717) is 11.2 Å². The number of thiol groups is 2. The summed E-state index contributed by atoms with van der Waals surface area (Å²) in [6.07, 6.45) is 3.75. The molecule has 228 valence electrons. The average molecular weight is 660 g/mol. The van der Waals surface area contributed by atoms with E-state index < -0.39 is 37.9 Å². The summed E-state index contributed by atoms with van der Waals surface area (Å²) in [5, 5.41) is 0. The third kappa shape index (κ3) is 7.34. The first-order valence-electron chi connectivity index (χ1n) is 13.1. The van der Waals surface area contributed by atoms with Gasteiger partial charge < -0.3 is 25.3 Å². The van der Waals surface area contributed by atoms with Crippen molar-refractivity contribution in [3.8, 4) is 0 Å². The van der Waals surface area contributed by atoms with Gasteiger partial charge in [-0.1, -0.05) is 24.5 Å². The van der Waals surface area contributed by atoms with Gasteiger partial charge in [0.1, 0.15) is 36.0 Å². The van der Waals surface area contributed by atoms with E-state index in [-0.39, 0.29) is 49.6 Å². The number of nitrogens with zero attached hydrogens (tertiary/aromatic N) is 5. The SMILES string of the molecule is CCOP(=O)(S)OC[C@H]1O[C@@H](n2cnc3c(N)ncnc32)C[C@@H]1OP(=O)(S)OC[C@H]1C[C@@H](c2ccnc(C(N)=O)c2)C1. The lowest BCUT2D eigenvalue weighted by Crippen LogP contribution is -2.29. The Hall–Kier alpha value is -2.07. The standard InChI is InChI=1S/C23H31N7O8P2S2/c1-2-34-39(32,41)36-10-18-17(8-19(37-18)30-12-29-20-21(24)27-11-28-23(20)30)38-40(33,42)35-9-13-5-15(6-13)14-3-4-26-16(7-14)22(25)31/h3-4,7,11-13,15,17-19H,2,5-6,8-10H2,1H3,(H2,25,31)(H,32,41)(H,33,42)(H2,24,27,28)/t13-,15+,17-,18+,19+,39?,40?/m0/s1. The zero-order chi connectivity index (χ0) is 30.1. The summed E-state index contributed by atoms with van der Waals surface area (Å²) in [6.45, 7) is -5.81. The zero-order valence-corrected chi connectivity index (χ0v) is 26.0. The number of rotatable bonds is 13. The van der Waals surface area contributed by atoms with Crippen LogP contribution in [0.3, 0.4) is 0 Å². The van der Waals surface area contributed by atoms with E-state index in [1.165, 1.54) is 12.7 Å². The van der Waals surface area contributed by atoms with Gasteiger partial charge in [0.05, 0.1) is 26.1 Å². The summed E-state index contributed by atoms with van der Waals surface area (Å²) in [7, 11) is 0. The van der Waals surface area contributed by atoms with Crippen molar-refractivity contribution in [1.29, 1.82) is 0 Å². The minimum absolute atomic E-state index is 0.111. The minimum Gasteiger partial charge on any atom is -0.382 e. The van der Waals surface area contributed by atoms with Crippen LogP contribution >= 0.6 is 38.1 Å². The normalized spacial score (nSPS) is 26.9. The van der Waals surface area contributed by atoms with Crippen molar-refractivity contribution < 1.29 is 36.8 Å². The predicted molar refractivity (Wildman–Crippen MR) is 158 cm³/mol. The highest BCUT2D eigenvalue weighted by Crippen LogP contribution is 2.58. The first-order chi connectivity index (χ1) is 19.9. The Morgan fingerprint density at radius 1 is 1.10 bits per heavy atom. The number of nitrogen functional groups attached to an aromatic ring is 1. The molecule has 2 fully saturated rings. The maximum atomic E-state index is 13.3. The molecule has 5 atom stereocenters. The molecular formula is C23H31N7O8P2S2. The number of nitrogens with two attached hydrogens (primary N) is 2. The molecule has 5 rings (SSSR count). The average Bonchev–Trinajstić information content (AvgIpc) is 3.51. The van der Waals surface area contributed by atoms with E-state index in [9.17, 15) is 13.9 Å². The van der Waals surface area contributed by atoms with E-state index in [1.54, 1.807) is 23.8 Å². The van der Waals surface area contributed by atoms with E-state index in [2.05, 4.69) is 44.4 Å². The monoisotopic (exact) mass is 659 g/mol. The molecule has 0 spiro atoms. The fourth-order valence-electron chi connectivity index (χ4n) is 4.96. The van der Waals surface area contributed by atoms with Crippen LogP contribution in [0.5, 0.6) is 0 Å². The number of aromatic nitrogens is 5. The lowest BCUT2D eigenvalue weighted by molar-refractivity contribution is -0.0370. The van der Waals surface area contributed by atoms with Gasteiger partial charge in [-0.25, -0.2) is 24.1 Å². The van der Waals surface area contributed by atoms with Gasteiger partial charge in [0.2, 0.25) is 0 Å². The molecule has 0 bridgehead atoms. The van der Waals surface area contributed by atoms with Crippen LogP contribution in [0.15, 0.2) is 31.0 Å². The molecule has 19 heteroatoms. The molecule has 15 nitrogen and oxygen atoms in total. The minimum atomic E-state index is -3.86. The van der Waals surface area contributed by atoms with Gasteiger partial charge in [-0.15, -0.1) is 0 Å². The molecule has 3 aromatic rings. The Bertz CT molecular complexity index is 1540. The summed E-state index contributed by atoms with van der Waals surface area (Å²) in [4.78, 5) is 27.9. The molecule has 1 saturated carbocycles. The van der Waals surface area contributed by atoms with Crippen molar-refractivity contribution in [3.05, 3.63) is 42.2 Å². The van der Waals surface area contributed by atoms with Crippen LogP contribution in [-0.4, -0.2) is 62.4 Å². The number of carbonyl (C=O) groups excluding carboxylic acids is 1. The van der Waals surface area contributed by atoms with Crippen LogP contribution in [-0.2, 0) is 32.0 Å². The topological polar surface area (TPSA) is 206 Å². The number of imidazole rings is 1. The van der Waals surface area contributed by atoms with E-state index in [4.69, 9.17) is 34.3 Å². The van der Waals surface area contributed by atoms with E-state index in [1.807, 2.05) is 6.07 Å². The van der Waals surface area contributed by atoms with Gasteiger partial charge in [0.15, 0.2) is 11.5 Å². The lowest BCUT2D eigenvalue weighted by atomic mass is 9.72. The second kappa shape index (κ2) is 12.9. The van der Waals surface area contributed by atoms with Gasteiger partial charge in [-0.3, -0.25) is 23.4 Å². The second-order valence-corrected chi connectivity index (χ2v) is 15.7. The summed E-state index contributed by atoms with van der Waals surface area (Å²) in [5.41, 5.74) is 13.3. The number of amides is 1. The first kappa shape index (κ1) is 31.4. The van der Waals surface area contributed by atoms with Crippen molar-refractivity contribution in [2.24, 2.45) is 11.7 Å². The maximum absolute atomic E-state index is 13.3. The van der Waals surface area contributed by atoms with Gasteiger partial charge in [0, 0.05) is 12.6 Å². The van der Waals surface area contributed by atoms with Gasteiger partial charge in [-0.2, -0.15) is 0 Å². The predicted octanol–water partition coefficient (Wildman–Crippen LogP) is 3.91. The van der Waals surface area contributed by atoms with Gasteiger partial charge in [-0.05, 0) is 49.3 Å². The highest BCUT2D eigenvalue weighted by atomic mass is 32.7. The second-order valence-electron chi connectivity index (χ2n) is 9.91. The molecule has 2 aliphatic rings. The van der Waals surface area contributed by atoms with Crippen LogP contribution < -0.4 is 11.5 Å². The Kier molecular flexibility index (Phi) is 9.62. The molecule has 1 amide bonds. The van der Waals surface area contributed by atoms with Crippen molar-refractivity contribution in [2.75, 3.05) is 25.6 Å². The Morgan fingerprint density at radius 2 is 1.86 bits per heavy atom. The largest absolute Gasteiger partial charge is 0.386 e. The van der Waals surface area contributed by atoms with Crippen LogP contribution in [0.1, 0.15) is 54.4 Å². The quantitative estimate of drug-likeness (QED) is 0.152. The first-order valence-corrected chi connectivity index (χ1v) is 18.5. The molecule has 2 unspecified atom stereocenters.